The molecule has 0 saturated heterocycles. The first-order valence-electron chi connectivity index (χ1n) is 9.12. The van der Waals surface area contributed by atoms with Crippen molar-refractivity contribution in [1.82, 2.24) is 0 Å². The maximum atomic E-state index is 12.4. The summed E-state index contributed by atoms with van der Waals surface area (Å²) in [6.45, 7) is 0.353. The zero-order valence-corrected chi connectivity index (χ0v) is 17.0. The zero-order chi connectivity index (χ0) is 21.3. The highest BCUT2D eigenvalue weighted by Gasteiger charge is 2.11. The normalized spacial score (nSPS) is 10.8. The van der Waals surface area contributed by atoms with Crippen LogP contribution in [0.3, 0.4) is 0 Å². The van der Waals surface area contributed by atoms with Crippen LogP contribution in [0.15, 0.2) is 78.4 Å². The van der Waals surface area contributed by atoms with Gasteiger partial charge in [-0.2, -0.15) is 5.26 Å². The molecule has 3 aromatic carbocycles. The minimum absolute atomic E-state index is 0.0178. The highest BCUT2D eigenvalue weighted by atomic mass is 35.5. The summed E-state index contributed by atoms with van der Waals surface area (Å²) in [5, 5.41) is 12.8. The van der Waals surface area contributed by atoms with E-state index >= 15 is 0 Å². The summed E-state index contributed by atoms with van der Waals surface area (Å²) in [6, 6.07) is 23.5. The monoisotopic (exact) mass is 418 g/mol. The molecule has 0 atom stereocenters. The number of halogens is 1. The van der Waals surface area contributed by atoms with Crippen LogP contribution in [0, 0.1) is 11.3 Å². The molecule has 0 unspecified atom stereocenters. The standard InChI is InChI=1S/C24H19ClN2O3/c1-29-23-14-18(9-12-22(23)30-16-17-7-10-20(25)11-8-17)13-19(15-26)24(28)27-21-5-3-2-4-6-21/h2-14H,16H2,1H3,(H,27,28)/b19-13-. The van der Waals surface area contributed by atoms with Crippen molar-refractivity contribution in [1.29, 1.82) is 5.26 Å². The van der Waals surface area contributed by atoms with Gasteiger partial charge in [-0.05, 0) is 53.6 Å². The first kappa shape index (κ1) is 21.0. The molecular weight excluding hydrogens is 400 g/mol. The molecule has 0 aliphatic heterocycles. The number of amides is 1. The zero-order valence-electron chi connectivity index (χ0n) is 16.3. The summed E-state index contributed by atoms with van der Waals surface area (Å²) in [5.41, 5.74) is 2.21. The van der Waals surface area contributed by atoms with Crippen molar-refractivity contribution in [2.45, 2.75) is 6.61 Å². The molecule has 0 spiro atoms. The van der Waals surface area contributed by atoms with Gasteiger partial charge in [-0.1, -0.05) is 48.0 Å². The topological polar surface area (TPSA) is 71.3 Å². The van der Waals surface area contributed by atoms with Gasteiger partial charge in [0.2, 0.25) is 0 Å². The quantitative estimate of drug-likeness (QED) is 0.407. The van der Waals surface area contributed by atoms with Gasteiger partial charge in [-0.25, -0.2) is 0 Å². The van der Waals surface area contributed by atoms with Crippen LogP contribution in [0.5, 0.6) is 11.5 Å². The molecule has 150 valence electrons. The van der Waals surface area contributed by atoms with Crippen LogP contribution in [0.4, 0.5) is 5.69 Å². The lowest BCUT2D eigenvalue weighted by molar-refractivity contribution is -0.112. The van der Waals surface area contributed by atoms with Gasteiger partial charge in [0.15, 0.2) is 11.5 Å². The Morgan fingerprint density at radius 3 is 2.47 bits per heavy atom. The van der Waals surface area contributed by atoms with E-state index < -0.39 is 5.91 Å². The maximum absolute atomic E-state index is 12.4. The molecule has 1 amide bonds. The molecule has 0 aromatic heterocycles. The lowest BCUT2D eigenvalue weighted by Crippen LogP contribution is -2.13. The number of hydrogen-bond donors (Lipinski definition) is 1. The first-order chi connectivity index (χ1) is 14.6. The van der Waals surface area contributed by atoms with Gasteiger partial charge < -0.3 is 14.8 Å². The maximum Gasteiger partial charge on any atom is 0.266 e. The van der Waals surface area contributed by atoms with Crippen LogP contribution in [0.25, 0.3) is 6.08 Å². The SMILES string of the molecule is COc1cc(/C=C(/C#N)C(=O)Nc2ccccc2)ccc1OCc1ccc(Cl)cc1. The molecule has 0 aliphatic carbocycles. The molecule has 30 heavy (non-hydrogen) atoms. The second-order valence-electron chi connectivity index (χ2n) is 6.32. The van der Waals surface area contributed by atoms with E-state index in [4.69, 9.17) is 21.1 Å². The highest BCUT2D eigenvalue weighted by molar-refractivity contribution is 6.30. The van der Waals surface area contributed by atoms with E-state index in [9.17, 15) is 10.1 Å². The molecule has 0 heterocycles. The lowest BCUT2D eigenvalue weighted by Gasteiger charge is -2.12. The van der Waals surface area contributed by atoms with Crippen molar-refractivity contribution >= 4 is 29.3 Å². The summed E-state index contributed by atoms with van der Waals surface area (Å²) in [7, 11) is 1.53. The molecule has 5 nitrogen and oxygen atoms in total. The molecule has 0 fully saturated rings. The van der Waals surface area contributed by atoms with E-state index in [0.29, 0.717) is 34.4 Å². The van der Waals surface area contributed by atoms with Crippen LogP contribution in [0.2, 0.25) is 5.02 Å². The van der Waals surface area contributed by atoms with E-state index in [2.05, 4.69) is 5.32 Å². The van der Waals surface area contributed by atoms with Gasteiger partial charge in [-0.3, -0.25) is 4.79 Å². The van der Waals surface area contributed by atoms with Crippen LogP contribution >= 0.6 is 11.6 Å². The van der Waals surface area contributed by atoms with Crippen molar-refractivity contribution in [3.05, 3.63) is 94.5 Å². The van der Waals surface area contributed by atoms with Crippen molar-refractivity contribution in [3.8, 4) is 17.6 Å². The number of methoxy groups -OCH3 is 1. The predicted octanol–water partition coefficient (Wildman–Crippen LogP) is 5.47. The summed E-state index contributed by atoms with van der Waals surface area (Å²) < 4.78 is 11.2. The minimum Gasteiger partial charge on any atom is -0.493 e. The van der Waals surface area contributed by atoms with Crippen LogP contribution < -0.4 is 14.8 Å². The average molecular weight is 419 g/mol. The smallest absolute Gasteiger partial charge is 0.266 e. The fraction of sp³-hybridized carbons (Fsp3) is 0.0833. The highest BCUT2D eigenvalue weighted by Crippen LogP contribution is 2.30. The minimum atomic E-state index is -0.481. The summed E-state index contributed by atoms with van der Waals surface area (Å²) >= 11 is 5.90. The molecule has 3 rings (SSSR count). The number of para-hydroxylation sites is 1. The Hall–Kier alpha value is -3.75. The second kappa shape index (κ2) is 10.1. The first-order valence-corrected chi connectivity index (χ1v) is 9.50. The summed E-state index contributed by atoms with van der Waals surface area (Å²) in [5.74, 6) is 0.570. The van der Waals surface area contributed by atoms with Gasteiger partial charge in [-0.15, -0.1) is 0 Å². The van der Waals surface area contributed by atoms with Crippen molar-refractivity contribution in [2.24, 2.45) is 0 Å². The number of carbonyl (C=O) groups excluding carboxylic acids is 1. The molecule has 3 aromatic rings. The Labute approximate surface area is 180 Å². The molecule has 0 radical (unpaired) electrons. The van der Waals surface area contributed by atoms with E-state index in [1.807, 2.05) is 24.3 Å². The Morgan fingerprint density at radius 1 is 1.07 bits per heavy atom. The number of hydrogen-bond acceptors (Lipinski definition) is 4. The molecular formula is C24H19ClN2O3. The largest absolute Gasteiger partial charge is 0.493 e. The van der Waals surface area contributed by atoms with Gasteiger partial charge in [0.05, 0.1) is 7.11 Å². The predicted molar refractivity (Wildman–Crippen MR) is 117 cm³/mol. The number of nitrogens with zero attached hydrogens (tertiary/aromatic N) is 1. The number of benzene rings is 3. The molecule has 6 heteroatoms. The van der Waals surface area contributed by atoms with Crippen molar-refractivity contribution in [2.75, 3.05) is 12.4 Å². The number of anilines is 1. The third kappa shape index (κ3) is 5.63. The lowest BCUT2D eigenvalue weighted by atomic mass is 10.1. The molecule has 1 N–H and O–H groups in total. The van der Waals surface area contributed by atoms with Crippen molar-refractivity contribution in [3.63, 3.8) is 0 Å². The van der Waals surface area contributed by atoms with E-state index in [1.165, 1.54) is 13.2 Å². The number of carbonyl (C=O) groups is 1. The Morgan fingerprint density at radius 2 is 1.80 bits per heavy atom. The fourth-order valence-corrected chi connectivity index (χ4v) is 2.80. The number of nitriles is 1. The number of nitrogens with one attached hydrogen (secondary N) is 1. The van der Waals surface area contributed by atoms with E-state index in [1.54, 1.807) is 54.6 Å². The molecule has 0 bridgehead atoms. The Bertz CT molecular complexity index is 1090. The van der Waals surface area contributed by atoms with Crippen LogP contribution in [0.1, 0.15) is 11.1 Å². The van der Waals surface area contributed by atoms with E-state index in [0.717, 1.165) is 5.56 Å². The number of ether oxygens (including phenoxy) is 2. The molecule has 0 aliphatic rings. The Kier molecular flexibility index (Phi) is 7.09. The van der Waals surface area contributed by atoms with Gasteiger partial charge >= 0.3 is 0 Å². The van der Waals surface area contributed by atoms with Gasteiger partial charge in [0.25, 0.3) is 5.91 Å². The third-order valence-corrected chi connectivity index (χ3v) is 4.45. The second-order valence-corrected chi connectivity index (χ2v) is 6.75. The molecule has 0 saturated carbocycles. The summed E-state index contributed by atoms with van der Waals surface area (Å²) in [6.07, 6.45) is 1.50. The van der Waals surface area contributed by atoms with Crippen molar-refractivity contribution < 1.29 is 14.3 Å². The third-order valence-electron chi connectivity index (χ3n) is 4.20. The average Bonchev–Trinajstić information content (AvgIpc) is 2.78. The van der Waals surface area contributed by atoms with E-state index in [-0.39, 0.29) is 5.57 Å². The van der Waals surface area contributed by atoms with Crippen LogP contribution in [-0.2, 0) is 11.4 Å². The fourth-order valence-electron chi connectivity index (χ4n) is 2.67. The number of rotatable bonds is 7. The Balaban J connectivity index is 1.74. The summed E-state index contributed by atoms with van der Waals surface area (Å²) in [4.78, 5) is 12.4. The van der Waals surface area contributed by atoms with Gasteiger partial charge in [0.1, 0.15) is 18.2 Å². The van der Waals surface area contributed by atoms with Crippen LogP contribution in [-0.4, -0.2) is 13.0 Å². The van der Waals surface area contributed by atoms with Gasteiger partial charge in [0, 0.05) is 10.7 Å².